The van der Waals surface area contributed by atoms with E-state index in [2.05, 4.69) is 25.6 Å². The largest absolute Gasteiger partial charge is 0.477 e. The number of hydrogen-bond donors (Lipinski definition) is 2. The lowest BCUT2D eigenvalue weighted by Gasteiger charge is -2.06. The van der Waals surface area contributed by atoms with Gasteiger partial charge in [0.25, 0.3) is 10.0 Å². The number of aromatic nitrogens is 1. The molecule has 0 aliphatic heterocycles. The fraction of sp³-hybridized carbons (Fsp3) is 0.0909. The summed E-state index contributed by atoms with van der Waals surface area (Å²) in [5, 5.41) is 8.80. The van der Waals surface area contributed by atoms with E-state index in [4.69, 9.17) is 5.11 Å². The second-order valence-corrected chi connectivity index (χ2v) is 7.70. The van der Waals surface area contributed by atoms with Crippen molar-refractivity contribution in [2.75, 3.05) is 4.72 Å². The molecule has 2 rings (SSSR count). The van der Waals surface area contributed by atoms with Gasteiger partial charge in [-0.2, -0.15) is 0 Å². The molecule has 0 unspecified atom stereocenters. The molecule has 0 aromatic carbocycles. The minimum atomic E-state index is -3.83. The summed E-state index contributed by atoms with van der Waals surface area (Å²) in [7, 11) is -3.83. The molecule has 0 aliphatic carbocycles. The first-order valence-corrected chi connectivity index (χ1v) is 8.37. The van der Waals surface area contributed by atoms with Crippen molar-refractivity contribution in [3.8, 4) is 0 Å². The van der Waals surface area contributed by atoms with Gasteiger partial charge in [0.05, 0.1) is 0 Å². The number of nitrogens with one attached hydrogen (secondary N) is 1. The van der Waals surface area contributed by atoms with Gasteiger partial charge in [-0.1, -0.05) is 0 Å². The standard InChI is InChI=1S/C11H9BrN2O4S2/c1-6-4-9(13-5-7(6)12)14-20(17,18)10-3-2-8(19-10)11(15)16/h2-5H,1H3,(H,13,14)(H,15,16). The molecule has 2 heterocycles. The molecule has 0 saturated heterocycles. The van der Waals surface area contributed by atoms with Crippen LogP contribution in [-0.2, 0) is 10.0 Å². The number of halogens is 1. The second-order valence-electron chi connectivity index (χ2n) is 3.85. The van der Waals surface area contributed by atoms with Gasteiger partial charge in [-0.05, 0) is 46.6 Å². The maximum absolute atomic E-state index is 12.1. The van der Waals surface area contributed by atoms with E-state index in [1.165, 1.54) is 18.3 Å². The number of sulfonamides is 1. The Hall–Kier alpha value is -1.45. The number of carboxylic acids is 1. The first kappa shape index (κ1) is 14.9. The molecule has 0 fully saturated rings. The lowest BCUT2D eigenvalue weighted by molar-refractivity contribution is 0.0702. The van der Waals surface area contributed by atoms with E-state index >= 15 is 0 Å². The van der Waals surface area contributed by atoms with Gasteiger partial charge in [0, 0.05) is 10.7 Å². The van der Waals surface area contributed by atoms with Crippen LogP contribution in [0, 0.1) is 6.92 Å². The summed E-state index contributed by atoms with van der Waals surface area (Å²) in [5.41, 5.74) is 0.829. The van der Waals surface area contributed by atoms with Crippen LogP contribution < -0.4 is 4.72 Å². The van der Waals surface area contributed by atoms with E-state index < -0.39 is 16.0 Å². The maximum atomic E-state index is 12.1. The monoisotopic (exact) mass is 376 g/mol. The number of carboxylic acid groups (broad SMARTS) is 1. The number of carbonyl (C=O) groups is 1. The number of anilines is 1. The van der Waals surface area contributed by atoms with Gasteiger partial charge in [-0.25, -0.2) is 18.2 Å². The molecular formula is C11H9BrN2O4S2. The summed E-state index contributed by atoms with van der Waals surface area (Å²) in [4.78, 5) is 14.7. The second kappa shape index (κ2) is 5.51. The van der Waals surface area contributed by atoms with Gasteiger partial charge in [-0.15, -0.1) is 11.3 Å². The average Bonchev–Trinajstić information content (AvgIpc) is 2.84. The number of nitrogens with zero attached hydrogens (tertiary/aromatic N) is 1. The Kier molecular flexibility index (Phi) is 4.11. The van der Waals surface area contributed by atoms with Crippen LogP contribution in [0.5, 0.6) is 0 Å². The molecule has 106 valence electrons. The molecule has 20 heavy (non-hydrogen) atoms. The molecule has 0 aliphatic rings. The van der Waals surface area contributed by atoms with Crippen molar-refractivity contribution in [3.63, 3.8) is 0 Å². The van der Waals surface area contributed by atoms with E-state index in [0.29, 0.717) is 11.3 Å². The normalized spacial score (nSPS) is 11.3. The van der Waals surface area contributed by atoms with Crippen LogP contribution >= 0.6 is 27.3 Å². The number of thiophene rings is 1. The van der Waals surface area contributed by atoms with Gasteiger partial charge < -0.3 is 5.11 Å². The lowest BCUT2D eigenvalue weighted by atomic mass is 10.3. The topological polar surface area (TPSA) is 96.4 Å². The van der Waals surface area contributed by atoms with Crippen LogP contribution in [0.15, 0.2) is 33.1 Å². The van der Waals surface area contributed by atoms with Crippen molar-refractivity contribution in [1.29, 1.82) is 0 Å². The molecule has 0 spiro atoms. The Morgan fingerprint density at radius 2 is 2.15 bits per heavy atom. The zero-order chi connectivity index (χ0) is 14.9. The van der Waals surface area contributed by atoms with E-state index in [-0.39, 0.29) is 14.9 Å². The highest BCUT2D eigenvalue weighted by Gasteiger charge is 2.19. The molecule has 0 atom stereocenters. The zero-order valence-electron chi connectivity index (χ0n) is 10.1. The molecule has 2 aromatic heterocycles. The number of aryl methyl sites for hydroxylation is 1. The van der Waals surface area contributed by atoms with Gasteiger partial charge in [0.15, 0.2) is 0 Å². The molecule has 0 radical (unpaired) electrons. The summed E-state index contributed by atoms with van der Waals surface area (Å²) in [6.45, 7) is 1.80. The van der Waals surface area contributed by atoms with Crippen molar-refractivity contribution in [1.82, 2.24) is 4.98 Å². The van der Waals surface area contributed by atoms with Crippen LogP contribution in [0.3, 0.4) is 0 Å². The predicted molar refractivity (Wildman–Crippen MR) is 78.8 cm³/mol. The third-order valence-corrected chi connectivity index (χ3v) is 6.09. The van der Waals surface area contributed by atoms with E-state index in [1.54, 1.807) is 13.0 Å². The van der Waals surface area contributed by atoms with E-state index in [9.17, 15) is 13.2 Å². The Labute approximate surface area is 127 Å². The van der Waals surface area contributed by atoms with Gasteiger partial charge in [0.2, 0.25) is 0 Å². The lowest BCUT2D eigenvalue weighted by Crippen LogP contribution is -2.12. The summed E-state index contributed by atoms with van der Waals surface area (Å²) >= 11 is 3.96. The first-order valence-electron chi connectivity index (χ1n) is 5.28. The molecule has 2 N–H and O–H groups in total. The van der Waals surface area contributed by atoms with Crippen molar-refractivity contribution >= 4 is 49.1 Å². The molecule has 6 nitrogen and oxygen atoms in total. The van der Waals surface area contributed by atoms with Gasteiger partial charge in [0.1, 0.15) is 14.9 Å². The summed E-state index contributed by atoms with van der Waals surface area (Å²) < 4.78 is 27.2. The fourth-order valence-corrected chi connectivity index (χ4v) is 3.72. The predicted octanol–water partition coefficient (Wildman–Crippen LogP) is 2.71. The molecular weight excluding hydrogens is 368 g/mol. The first-order chi connectivity index (χ1) is 9.29. The van der Waals surface area contributed by atoms with Crippen LogP contribution in [-0.4, -0.2) is 24.5 Å². The Bertz CT molecular complexity index is 770. The smallest absolute Gasteiger partial charge is 0.345 e. The average molecular weight is 377 g/mol. The number of hydrogen-bond acceptors (Lipinski definition) is 5. The Morgan fingerprint density at radius 1 is 1.45 bits per heavy atom. The molecule has 0 saturated carbocycles. The molecule has 0 bridgehead atoms. The quantitative estimate of drug-likeness (QED) is 0.854. The third kappa shape index (κ3) is 3.17. The number of aromatic carboxylic acids is 1. The maximum Gasteiger partial charge on any atom is 0.345 e. The Balaban J connectivity index is 2.30. The van der Waals surface area contributed by atoms with Crippen LogP contribution in [0.25, 0.3) is 0 Å². The van der Waals surface area contributed by atoms with Crippen LogP contribution in [0.2, 0.25) is 0 Å². The highest BCUT2D eigenvalue weighted by molar-refractivity contribution is 9.10. The van der Waals surface area contributed by atoms with Crippen LogP contribution in [0.1, 0.15) is 15.2 Å². The van der Waals surface area contributed by atoms with Crippen LogP contribution in [0.4, 0.5) is 5.82 Å². The minimum Gasteiger partial charge on any atom is -0.477 e. The summed E-state index contributed by atoms with van der Waals surface area (Å²) in [6.07, 6.45) is 1.49. The zero-order valence-corrected chi connectivity index (χ0v) is 13.3. The van der Waals surface area contributed by atoms with Crippen molar-refractivity contribution in [3.05, 3.63) is 39.3 Å². The molecule has 9 heteroatoms. The molecule has 0 amide bonds. The summed E-state index contributed by atoms with van der Waals surface area (Å²) in [5.74, 6) is -0.981. The SMILES string of the molecule is Cc1cc(NS(=O)(=O)c2ccc(C(=O)O)s2)ncc1Br. The van der Waals surface area contributed by atoms with Gasteiger partial charge >= 0.3 is 5.97 Å². The van der Waals surface area contributed by atoms with Crippen molar-refractivity contribution < 1.29 is 18.3 Å². The van der Waals surface area contributed by atoms with E-state index in [1.807, 2.05) is 0 Å². The summed E-state index contributed by atoms with van der Waals surface area (Å²) in [6, 6.07) is 4.08. The van der Waals surface area contributed by atoms with Crippen molar-refractivity contribution in [2.45, 2.75) is 11.1 Å². The molecule has 2 aromatic rings. The number of pyridine rings is 1. The Morgan fingerprint density at radius 3 is 2.70 bits per heavy atom. The van der Waals surface area contributed by atoms with Gasteiger partial charge in [-0.3, -0.25) is 4.72 Å². The van der Waals surface area contributed by atoms with Crippen molar-refractivity contribution in [2.24, 2.45) is 0 Å². The fourth-order valence-electron chi connectivity index (χ4n) is 1.36. The third-order valence-electron chi connectivity index (χ3n) is 2.34. The highest BCUT2D eigenvalue weighted by Crippen LogP contribution is 2.24. The highest BCUT2D eigenvalue weighted by atomic mass is 79.9. The minimum absolute atomic E-state index is 0.0367. The van der Waals surface area contributed by atoms with E-state index in [0.717, 1.165) is 10.0 Å². The number of rotatable bonds is 4.